The number of alkyl halides is 1. The number of para-hydroxylation sites is 1. The van der Waals surface area contributed by atoms with Gasteiger partial charge in [-0.2, -0.15) is 0 Å². The monoisotopic (exact) mass is 309 g/mol. The summed E-state index contributed by atoms with van der Waals surface area (Å²) in [5, 5.41) is -0.282. The Bertz CT molecular complexity index is 763. The average Bonchev–Trinajstić information content (AvgIpc) is 2.96. The van der Waals surface area contributed by atoms with Crippen molar-refractivity contribution in [2.24, 2.45) is 0 Å². The molecule has 1 aromatic carbocycles. The van der Waals surface area contributed by atoms with Crippen LogP contribution in [-0.4, -0.2) is 14.5 Å². The van der Waals surface area contributed by atoms with E-state index in [9.17, 15) is 4.39 Å². The van der Waals surface area contributed by atoms with E-state index in [1.165, 1.54) is 6.07 Å². The van der Waals surface area contributed by atoms with Gasteiger partial charge in [0.1, 0.15) is 11.3 Å². The molecule has 6 heteroatoms. The van der Waals surface area contributed by atoms with E-state index in [0.717, 1.165) is 16.1 Å². The number of imidazole rings is 1. The molecule has 20 heavy (non-hydrogen) atoms. The van der Waals surface area contributed by atoms with E-state index in [2.05, 4.69) is 9.97 Å². The maximum atomic E-state index is 13.9. The fourth-order valence-corrected chi connectivity index (χ4v) is 3.15. The van der Waals surface area contributed by atoms with Crippen LogP contribution in [0.3, 0.4) is 0 Å². The van der Waals surface area contributed by atoms with Gasteiger partial charge in [0.25, 0.3) is 0 Å². The summed E-state index contributed by atoms with van der Waals surface area (Å²) < 4.78 is 15.8. The third kappa shape index (κ3) is 2.21. The summed E-state index contributed by atoms with van der Waals surface area (Å²) in [4.78, 5) is 9.74. The molecule has 0 aliphatic heterocycles. The van der Waals surface area contributed by atoms with E-state index < -0.39 is 0 Å². The van der Waals surface area contributed by atoms with Gasteiger partial charge in [-0.05, 0) is 26.0 Å². The minimum Gasteiger partial charge on any atom is -0.321 e. The number of hydrogen-bond acceptors (Lipinski definition) is 3. The van der Waals surface area contributed by atoms with Gasteiger partial charge in [0.05, 0.1) is 28.6 Å². The van der Waals surface area contributed by atoms with E-state index in [4.69, 9.17) is 11.6 Å². The minimum absolute atomic E-state index is 0.282. The molecule has 2 heterocycles. The van der Waals surface area contributed by atoms with Gasteiger partial charge < -0.3 is 4.57 Å². The fraction of sp³-hybridized carbons (Fsp3) is 0.286. The first kappa shape index (κ1) is 13.5. The zero-order valence-electron chi connectivity index (χ0n) is 11.1. The van der Waals surface area contributed by atoms with Crippen LogP contribution < -0.4 is 0 Å². The summed E-state index contributed by atoms with van der Waals surface area (Å²) in [6.07, 6.45) is 0. The maximum Gasteiger partial charge on any atom is 0.151 e. The Morgan fingerprint density at radius 3 is 2.90 bits per heavy atom. The van der Waals surface area contributed by atoms with E-state index in [1.807, 2.05) is 30.0 Å². The lowest BCUT2D eigenvalue weighted by Crippen LogP contribution is -2.05. The van der Waals surface area contributed by atoms with Crippen LogP contribution in [0.25, 0.3) is 11.0 Å². The van der Waals surface area contributed by atoms with E-state index in [1.54, 1.807) is 17.4 Å². The van der Waals surface area contributed by atoms with Gasteiger partial charge in [-0.3, -0.25) is 0 Å². The van der Waals surface area contributed by atoms with E-state index >= 15 is 0 Å². The van der Waals surface area contributed by atoms with Crippen molar-refractivity contribution in [3.8, 4) is 0 Å². The molecule has 3 nitrogen and oxygen atoms in total. The molecule has 0 fully saturated rings. The van der Waals surface area contributed by atoms with Crippen molar-refractivity contribution in [2.75, 3.05) is 0 Å². The lowest BCUT2D eigenvalue weighted by molar-refractivity contribution is 0.637. The van der Waals surface area contributed by atoms with Crippen molar-refractivity contribution in [2.45, 2.75) is 25.8 Å². The summed E-state index contributed by atoms with van der Waals surface area (Å²) >= 11 is 7.78. The fourth-order valence-electron chi connectivity index (χ4n) is 2.22. The number of aryl methyl sites for hydroxylation is 1. The standard InChI is InChI=1S/C14H13ClFN3S/c1-8(15)14-18-13-10(16)4-3-5-11(13)19(14)6-12-9(2)17-7-20-12/h3-5,7-8H,6H2,1-2H3. The van der Waals surface area contributed by atoms with Crippen molar-refractivity contribution < 1.29 is 4.39 Å². The van der Waals surface area contributed by atoms with Gasteiger partial charge >= 0.3 is 0 Å². The molecule has 0 spiro atoms. The summed E-state index contributed by atoms with van der Waals surface area (Å²) in [6, 6.07) is 4.98. The van der Waals surface area contributed by atoms with E-state index in [-0.39, 0.29) is 11.2 Å². The molecule has 0 radical (unpaired) electrons. The molecule has 2 aromatic heterocycles. The first-order chi connectivity index (χ1) is 9.58. The first-order valence-electron chi connectivity index (χ1n) is 6.25. The van der Waals surface area contributed by atoms with Crippen LogP contribution in [0.2, 0.25) is 0 Å². The van der Waals surface area contributed by atoms with Gasteiger partial charge in [-0.15, -0.1) is 22.9 Å². The highest BCUT2D eigenvalue weighted by atomic mass is 35.5. The number of benzene rings is 1. The molecule has 0 bridgehead atoms. The Hall–Kier alpha value is -1.46. The highest BCUT2D eigenvalue weighted by Gasteiger charge is 2.18. The second-order valence-corrected chi connectivity index (χ2v) is 6.23. The van der Waals surface area contributed by atoms with Crippen LogP contribution in [0.5, 0.6) is 0 Å². The number of thiazole rings is 1. The molecule has 0 aliphatic carbocycles. The molecule has 3 aromatic rings. The van der Waals surface area contributed by atoms with Crippen molar-refractivity contribution in [1.82, 2.24) is 14.5 Å². The maximum absolute atomic E-state index is 13.9. The molecule has 1 unspecified atom stereocenters. The summed E-state index contributed by atoms with van der Waals surface area (Å²) in [5.41, 5.74) is 3.94. The predicted octanol–water partition coefficient (Wildman–Crippen LogP) is 4.29. The van der Waals surface area contributed by atoms with Crippen LogP contribution in [0.4, 0.5) is 4.39 Å². The smallest absolute Gasteiger partial charge is 0.151 e. The topological polar surface area (TPSA) is 30.7 Å². The van der Waals surface area contributed by atoms with Crippen LogP contribution in [0, 0.1) is 12.7 Å². The molecule has 0 N–H and O–H groups in total. The molecule has 3 rings (SSSR count). The zero-order valence-corrected chi connectivity index (χ0v) is 12.7. The Kier molecular flexibility index (Phi) is 3.48. The van der Waals surface area contributed by atoms with Crippen molar-refractivity contribution in [3.63, 3.8) is 0 Å². The number of nitrogens with zero attached hydrogens (tertiary/aromatic N) is 3. The molecule has 0 saturated heterocycles. The SMILES string of the molecule is Cc1ncsc1Cn1c(C(C)Cl)nc2c(F)cccc21. The van der Waals surface area contributed by atoms with Gasteiger partial charge in [0, 0.05) is 4.88 Å². The normalized spacial score (nSPS) is 13.0. The van der Waals surface area contributed by atoms with Gasteiger partial charge in [0.2, 0.25) is 0 Å². The van der Waals surface area contributed by atoms with Gasteiger partial charge in [-0.25, -0.2) is 14.4 Å². The lowest BCUT2D eigenvalue weighted by atomic mass is 10.3. The third-order valence-electron chi connectivity index (χ3n) is 3.26. The van der Waals surface area contributed by atoms with Gasteiger partial charge in [-0.1, -0.05) is 6.07 Å². The van der Waals surface area contributed by atoms with Crippen molar-refractivity contribution >= 4 is 34.0 Å². The second kappa shape index (κ2) is 5.14. The molecule has 1 atom stereocenters. The third-order valence-corrected chi connectivity index (χ3v) is 4.38. The largest absolute Gasteiger partial charge is 0.321 e. The quantitative estimate of drug-likeness (QED) is 0.676. The molecular formula is C14H13ClFN3S. The highest BCUT2D eigenvalue weighted by molar-refractivity contribution is 7.09. The van der Waals surface area contributed by atoms with Gasteiger partial charge in [0.15, 0.2) is 5.82 Å². The number of hydrogen-bond donors (Lipinski definition) is 0. The van der Waals surface area contributed by atoms with Crippen LogP contribution in [0.1, 0.15) is 28.7 Å². The molecule has 0 amide bonds. The average molecular weight is 310 g/mol. The number of halogens is 2. The van der Waals surface area contributed by atoms with Crippen LogP contribution in [0.15, 0.2) is 23.7 Å². The Balaban J connectivity index is 2.19. The number of aromatic nitrogens is 3. The molecule has 0 aliphatic rings. The second-order valence-electron chi connectivity index (χ2n) is 4.64. The zero-order chi connectivity index (χ0) is 14.3. The summed E-state index contributed by atoms with van der Waals surface area (Å²) in [5.74, 6) is 0.361. The molecular weight excluding hydrogens is 297 g/mol. The lowest BCUT2D eigenvalue weighted by Gasteiger charge is -2.09. The number of rotatable bonds is 3. The first-order valence-corrected chi connectivity index (χ1v) is 7.57. The minimum atomic E-state index is -0.319. The van der Waals surface area contributed by atoms with Crippen molar-refractivity contribution in [3.05, 3.63) is 45.9 Å². The van der Waals surface area contributed by atoms with Crippen LogP contribution >= 0.6 is 22.9 Å². The summed E-state index contributed by atoms with van der Waals surface area (Å²) in [6.45, 7) is 4.43. The predicted molar refractivity (Wildman–Crippen MR) is 79.9 cm³/mol. The van der Waals surface area contributed by atoms with E-state index in [0.29, 0.717) is 17.9 Å². The Morgan fingerprint density at radius 2 is 2.25 bits per heavy atom. The van der Waals surface area contributed by atoms with Crippen molar-refractivity contribution in [1.29, 1.82) is 0 Å². The Morgan fingerprint density at radius 1 is 1.45 bits per heavy atom. The highest BCUT2D eigenvalue weighted by Crippen LogP contribution is 2.28. The molecule has 0 saturated carbocycles. The van der Waals surface area contributed by atoms with Crippen LogP contribution in [-0.2, 0) is 6.54 Å². The Labute approximate surface area is 125 Å². The number of fused-ring (bicyclic) bond motifs is 1. The molecule has 104 valence electrons. The summed E-state index contributed by atoms with van der Waals surface area (Å²) in [7, 11) is 0.